The zero-order chi connectivity index (χ0) is 13.4. The number of amides is 1. The van der Waals surface area contributed by atoms with E-state index in [0.717, 1.165) is 17.2 Å². The Kier molecular flexibility index (Phi) is 2.85. The van der Waals surface area contributed by atoms with Gasteiger partial charge in [-0.3, -0.25) is 4.79 Å². The van der Waals surface area contributed by atoms with Gasteiger partial charge in [-0.25, -0.2) is 4.98 Å². The van der Waals surface area contributed by atoms with Crippen LogP contribution in [0.25, 0.3) is 10.8 Å². The Morgan fingerprint density at radius 3 is 2.84 bits per heavy atom. The second kappa shape index (κ2) is 4.53. The molecule has 1 amide bonds. The van der Waals surface area contributed by atoms with Gasteiger partial charge in [-0.2, -0.15) is 0 Å². The SMILES string of the molecule is COc1nc(C(=O)N[C@H]2C[C@H]2C)cc2ccccc12. The molecule has 19 heavy (non-hydrogen) atoms. The fourth-order valence-corrected chi connectivity index (χ4v) is 2.20. The average molecular weight is 256 g/mol. The van der Waals surface area contributed by atoms with Crippen LogP contribution in [-0.4, -0.2) is 24.0 Å². The van der Waals surface area contributed by atoms with Crippen molar-refractivity contribution in [1.29, 1.82) is 0 Å². The summed E-state index contributed by atoms with van der Waals surface area (Å²) in [5, 5.41) is 4.86. The first-order chi connectivity index (χ1) is 9.19. The van der Waals surface area contributed by atoms with Crippen molar-refractivity contribution in [3.63, 3.8) is 0 Å². The minimum atomic E-state index is -0.126. The Bertz CT molecular complexity index is 639. The van der Waals surface area contributed by atoms with E-state index in [1.54, 1.807) is 13.2 Å². The minimum Gasteiger partial charge on any atom is -0.481 e. The third-order valence-electron chi connectivity index (χ3n) is 3.56. The van der Waals surface area contributed by atoms with Gasteiger partial charge >= 0.3 is 0 Å². The van der Waals surface area contributed by atoms with Crippen molar-refractivity contribution in [1.82, 2.24) is 10.3 Å². The third kappa shape index (κ3) is 2.26. The number of hydrogen-bond donors (Lipinski definition) is 1. The standard InChI is InChI=1S/C15H16N2O2/c1-9-7-12(9)16-14(18)13-8-10-5-3-4-6-11(10)15(17-13)19-2/h3-6,8-9,12H,7H2,1-2H3,(H,16,18)/t9-,12+/m1/s1. The molecule has 1 fully saturated rings. The fraction of sp³-hybridized carbons (Fsp3) is 0.333. The maximum Gasteiger partial charge on any atom is 0.270 e. The molecule has 1 aromatic heterocycles. The molecule has 0 spiro atoms. The van der Waals surface area contributed by atoms with Crippen molar-refractivity contribution in [2.75, 3.05) is 7.11 Å². The van der Waals surface area contributed by atoms with Crippen LogP contribution in [0.1, 0.15) is 23.8 Å². The summed E-state index contributed by atoms with van der Waals surface area (Å²) in [5.41, 5.74) is 0.412. The molecule has 2 atom stereocenters. The Labute approximate surface area is 111 Å². The second-order valence-corrected chi connectivity index (χ2v) is 5.03. The van der Waals surface area contributed by atoms with Gasteiger partial charge in [-0.1, -0.05) is 25.1 Å². The van der Waals surface area contributed by atoms with E-state index in [4.69, 9.17) is 4.74 Å². The van der Waals surface area contributed by atoms with Crippen LogP contribution in [0.2, 0.25) is 0 Å². The maximum absolute atomic E-state index is 12.1. The van der Waals surface area contributed by atoms with Gasteiger partial charge in [-0.05, 0) is 29.9 Å². The summed E-state index contributed by atoms with van der Waals surface area (Å²) in [5.74, 6) is 0.941. The molecule has 0 aliphatic heterocycles. The van der Waals surface area contributed by atoms with Crippen LogP contribution >= 0.6 is 0 Å². The van der Waals surface area contributed by atoms with Gasteiger partial charge in [0.05, 0.1) is 7.11 Å². The van der Waals surface area contributed by atoms with Gasteiger partial charge in [0, 0.05) is 11.4 Å². The molecule has 0 saturated heterocycles. The average Bonchev–Trinajstić information content (AvgIpc) is 3.12. The lowest BCUT2D eigenvalue weighted by Gasteiger charge is -2.08. The van der Waals surface area contributed by atoms with Crippen molar-refractivity contribution in [3.05, 3.63) is 36.0 Å². The Hall–Kier alpha value is -2.10. The number of benzene rings is 1. The number of pyridine rings is 1. The van der Waals surface area contributed by atoms with E-state index in [1.165, 1.54) is 0 Å². The number of nitrogens with zero attached hydrogens (tertiary/aromatic N) is 1. The highest BCUT2D eigenvalue weighted by atomic mass is 16.5. The molecular formula is C15H16N2O2. The molecule has 1 N–H and O–H groups in total. The van der Waals surface area contributed by atoms with E-state index in [0.29, 0.717) is 23.5 Å². The molecule has 1 aliphatic rings. The van der Waals surface area contributed by atoms with Crippen LogP contribution in [-0.2, 0) is 0 Å². The Balaban J connectivity index is 1.97. The zero-order valence-electron chi connectivity index (χ0n) is 11.0. The van der Waals surface area contributed by atoms with Crippen LogP contribution in [0.5, 0.6) is 5.88 Å². The summed E-state index contributed by atoms with van der Waals surface area (Å²) >= 11 is 0. The minimum absolute atomic E-state index is 0.126. The van der Waals surface area contributed by atoms with Gasteiger partial charge in [0.2, 0.25) is 5.88 Å². The van der Waals surface area contributed by atoms with E-state index in [-0.39, 0.29) is 5.91 Å². The molecule has 1 heterocycles. The quantitative estimate of drug-likeness (QED) is 0.917. The van der Waals surface area contributed by atoms with Crippen molar-refractivity contribution in [2.45, 2.75) is 19.4 Å². The Morgan fingerprint density at radius 2 is 2.16 bits per heavy atom. The highest BCUT2D eigenvalue weighted by Gasteiger charge is 2.34. The lowest BCUT2D eigenvalue weighted by Crippen LogP contribution is -2.27. The van der Waals surface area contributed by atoms with Crippen molar-refractivity contribution in [3.8, 4) is 5.88 Å². The number of nitrogens with one attached hydrogen (secondary N) is 1. The third-order valence-corrected chi connectivity index (χ3v) is 3.56. The normalized spacial score (nSPS) is 21.2. The molecule has 1 saturated carbocycles. The predicted octanol–water partition coefficient (Wildman–Crippen LogP) is 2.38. The lowest BCUT2D eigenvalue weighted by atomic mass is 10.1. The van der Waals surface area contributed by atoms with Gasteiger partial charge in [0.25, 0.3) is 5.91 Å². The number of carbonyl (C=O) groups is 1. The number of aromatic nitrogens is 1. The van der Waals surface area contributed by atoms with E-state index < -0.39 is 0 Å². The summed E-state index contributed by atoms with van der Waals surface area (Å²) in [6.45, 7) is 2.12. The van der Waals surface area contributed by atoms with Gasteiger partial charge in [0.15, 0.2) is 0 Å². The molecule has 0 bridgehead atoms. The van der Waals surface area contributed by atoms with E-state index >= 15 is 0 Å². The van der Waals surface area contributed by atoms with Crippen LogP contribution in [0, 0.1) is 5.92 Å². The molecule has 98 valence electrons. The zero-order valence-corrected chi connectivity index (χ0v) is 11.0. The number of hydrogen-bond acceptors (Lipinski definition) is 3. The molecular weight excluding hydrogens is 240 g/mol. The lowest BCUT2D eigenvalue weighted by molar-refractivity contribution is 0.0943. The first kappa shape index (κ1) is 12.0. The number of fused-ring (bicyclic) bond motifs is 1. The van der Waals surface area contributed by atoms with Crippen LogP contribution in [0.3, 0.4) is 0 Å². The molecule has 4 heteroatoms. The van der Waals surface area contributed by atoms with Gasteiger partial charge in [-0.15, -0.1) is 0 Å². The van der Waals surface area contributed by atoms with Crippen molar-refractivity contribution < 1.29 is 9.53 Å². The number of rotatable bonds is 3. The first-order valence-electron chi connectivity index (χ1n) is 6.43. The summed E-state index contributed by atoms with van der Waals surface area (Å²) in [7, 11) is 1.57. The monoisotopic (exact) mass is 256 g/mol. The summed E-state index contributed by atoms with van der Waals surface area (Å²) in [6, 6.07) is 9.86. The summed E-state index contributed by atoms with van der Waals surface area (Å²) in [4.78, 5) is 16.4. The smallest absolute Gasteiger partial charge is 0.270 e. The van der Waals surface area contributed by atoms with Crippen molar-refractivity contribution >= 4 is 16.7 Å². The number of methoxy groups -OCH3 is 1. The van der Waals surface area contributed by atoms with Gasteiger partial charge in [0.1, 0.15) is 5.69 Å². The van der Waals surface area contributed by atoms with Crippen LogP contribution in [0.4, 0.5) is 0 Å². The molecule has 1 aliphatic carbocycles. The van der Waals surface area contributed by atoms with Gasteiger partial charge < -0.3 is 10.1 Å². The number of carbonyl (C=O) groups excluding carboxylic acids is 1. The molecule has 2 aromatic rings. The molecule has 0 radical (unpaired) electrons. The van der Waals surface area contributed by atoms with E-state index in [1.807, 2.05) is 24.3 Å². The topological polar surface area (TPSA) is 51.2 Å². The molecule has 1 aromatic carbocycles. The van der Waals surface area contributed by atoms with Crippen molar-refractivity contribution in [2.24, 2.45) is 5.92 Å². The predicted molar refractivity (Wildman–Crippen MR) is 73.3 cm³/mol. The number of ether oxygens (including phenoxy) is 1. The maximum atomic E-state index is 12.1. The fourth-order valence-electron chi connectivity index (χ4n) is 2.20. The molecule has 0 unspecified atom stereocenters. The summed E-state index contributed by atoms with van der Waals surface area (Å²) in [6.07, 6.45) is 1.05. The highest BCUT2D eigenvalue weighted by molar-refractivity contribution is 5.98. The van der Waals surface area contributed by atoms with E-state index in [9.17, 15) is 4.79 Å². The highest BCUT2D eigenvalue weighted by Crippen LogP contribution is 2.30. The second-order valence-electron chi connectivity index (χ2n) is 5.03. The van der Waals surface area contributed by atoms with Crippen LogP contribution < -0.4 is 10.1 Å². The van der Waals surface area contributed by atoms with Crippen LogP contribution in [0.15, 0.2) is 30.3 Å². The largest absolute Gasteiger partial charge is 0.481 e. The van der Waals surface area contributed by atoms with E-state index in [2.05, 4.69) is 17.2 Å². The molecule has 4 nitrogen and oxygen atoms in total. The summed E-state index contributed by atoms with van der Waals surface area (Å²) < 4.78 is 5.27. The first-order valence-corrected chi connectivity index (χ1v) is 6.43. The Morgan fingerprint density at radius 1 is 1.42 bits per heavy atom. The molecule has 3 rings (SSSR count).